The van der Waals surface area contributed by atoms with Crippen molar-refractivity contribution in [3.63, 3.8) is 0 Å². The highest BCUT2D eigenvalue weighted by Crippen LogP contribution is 2.31. The van der Waals surface area contributed by atoms with E-state index < -0.39 is 0 Å². The Bertz CT molecular complexity index is 637. The number of thiazole rings is 1. The van der Waals surface area contributed by atoms with E-state index in [2.05, 4.69) is 10.3 Å². The number of benzene rings is 1. The van der Waals surface area contributed by atoms with E-state index in [1.807, 2.05) is 25.1 Å². The van der Waals surface area contributed by atoms with E-state index in [4.69, 9.17) is 0 Å². The van der Waals surface area contributed by atoms with Crippen LogP contribution in [-0.4, -0.2) is 22.4 Å². The van der Waals surface area contributed by atoms with Gasteiger partial charge in [0.25, 0.3) is 0 Å². The van der Waals surface area contributed by atoms with Crippen molar-refractivity contribution in [2.24, 2.45) is 0 Å². The average Bonchev–Trinajstić information content (AvgIpc) is 2.78. The van der Waals surface area contributed by atoms with Crippen molar-refractivity contribution in [2.75, 3.05) is 11.1 Å². The second kappa shape index (κ2) is 6.85. The highest BCUT2D eigenvalue weighted by molar-refractivity contribution is 8.01. The number of carbonyl (C=O) groups is 2. The molecule has 20 heavy (non-hydrogen) atoms. The zero-order valence-electron chi connectivity index (χ0n) is 11.4. The number of hydrogen-bond acceptors (Lipinski definition) is 5. The number of nitrogens with zero attached hydrogens (tertiary/aromatic N) is 1. The molecular weight excluding hydrogens is 292 g/mol. The minimum Gasteiger partial charge on any atom is -0.326 e. The third-order valence-electron chi connectivity index (χ3n) is 2.53. The number of fused-ring (bicyclic) bond motifs is 1. The monoisotopic (exact) mass is 308 g/mol. The number of amides is 1. The number of ketones is 1. The van der Waals surface area contributed by atoms with Crippen molar-refractivity contribution < 1.29 is 9.59 Å². The summed E-state index contributed by atoms with van der Waals surface area (Å²) >= 11 is 2.99. The highest BCUT2D eigenvalue weighted by Gasteiger charge is 2.07. The van der Waals surface area contributed by atoms with Gasteiger partial charge in [-0.1, -0.05) is 18.7 Å². The van der Waals surface area contributed by atoms with Gasteiger partial charge in [0.15, 0.2) is 4.34 Å². The third-order valence-corrected chi connectivity index (χ3v) is 4.83. The molecule has 0 aliphatic heterocycles. The molecule has 1 aromatic heterocycles. The zero-order valence-corrected chi connectivity index (χ0v) is 13.1. The van der Waals surface area contributed by atoms with Crippen LogP contribution in [-0.2, 0) is 9.59 Å². The minimum atomic E-state index is 0.0301. The number of aromatic nitrogens is 1. The van der Waals surface area contributed by atoms with Gasteiger partial charge in [-0.3, -0.25) is 9.59 Å². The molecule has 0 radical (unpaired) electrons. The molecule has 0 aliphatic carbocycles. The molecule has 6 heteroatoms. The molecule has 0 saturated carbocycles. The molecule has 1 N–H and O–H groups in total. The molecule has 1 aromatic carbocycles. The number of hydrogen-bond donors (Lipinski definition) is 1. The lowest BCUT2D eigenvalue weighted by Crippen LogP contribution is -2.10. The summed E-state index contributed by atoms with van der Waals surface area (Å²) < 4.78 is 1.90. The standard InChI is InChI=1S/C14H16N2O2S2/c1-3-4-13(18)15-10-5-6-11-12(7-10)20-14(16-11)19-8-9(2)17/h5-7H,3-4,8H2,1-2H3,(H,15,18). The second-order valence-electron chi connectivity index (χ2n) is 4.45. The molecule has 0 bridgehead atoms. The molecule has 0 atom stereocenters. The number of carbonyl (C=O) groups excluding carboxylic acids is 2. The summed E-state index contributed by atoms with van der Waals surface area (Å²) in [5, 5.41) is 2.87. The van der Waals surface area contributed by atoms with E-state index in [-0.39, 0.29) is 11.7 Å². The summed E-state index contributed by atoms with van der Waals surface area (Å²) in [5.74, 6) is 0.615. The summed E-state index contributed by atoms with van der Waals surface area (Å²) in [5.41, 5.74) is 1.69. The van der Waals surface area contributed by atoms with Crippen molar-refractivity contribution in [3.8, 4) is 0 Å². The normalized spacial score (nSPS) is 10.7. The number of nitrogens with one attached hydrogen (secondary N) is 1. The lowest BCUT2D eigenvalue weighted by molar-refractivity contribution is -0.116. The van der Waals surface area contributed by atoms with Crippen molar-refractivity contribution >= 4 is 50.7 Å². The van der Waals surface area contributed by atoms with Crippen LogP contribution in [0.4, 0.5) is 5.69 Å². The Kier molecular flexibility index (Phi) is 5.14. The first-order chi connectivity index (χ1) is 9.58. The Hall–Kier alpha value is -1.40. The first kappa shape index (κ1) is 15.0. The quantitative estimate of drug-likeness (QED) is 0.826. The van der Waals surface area contributed by atoms with Crippen LogP contribution < -0.4 is 5.32 Å². The fraction of sp³-hybridized carbons (Fsp3) is 0.357. The second-order valence-corrected chi connectivity index (χ2v) is 6.70. The topological polar surface area (TPSA) is 59.1 Å². The summed E-state index contributed by atoms with van der Waals surface area (Å²) in [7, 11) is 0. The summed E-state index contributed by atoms with van der Waals surface area (Å²) in [6, 6.07) is 5.68. The maximum absolute atomic E-state index is 11.6. The Morgan fingerprint density at radius 1 is 1.40 bits per heavy atom. The number of Topliss-reactive ketones (excluding diaryl/α,β-unsaturated/α-hetero) is 1. The van der Waals surface area contributed by atoms with E-state index >= 15 is 0 Å². The molecule has 1 heterocycles. The predicted octanol–water partition coefficient (Wildman–Crippen LogP) is 3.72. The van der Waals surface area contributed by atoms with Crippen molar-refractivity contribution in [1.29, 1.82) is 0 Å². The average molecular weight is 308 g/mol. The number of anilines is 1. The van der Waals surface area contributed by atoms with Crippen LogP contribution in [0.5, 0.6) is 0 Å². The van der Waals surface area contributed by atoms with Crippen molar-refractivity contribution in [2.45, 2.75) is 31.0 Å². The zero-order chi connectivity index (χ0) is 14.5. The van der Waals surface area contributed by atoms with Crippen molar-refractivity contribution in [3.05, 3.63) is 18.2 Å². The molecular formula is C14H16N2O2S2. The van der Waals surface area contributed by atoms with Crippen LogP contribution in [0.25, 0.3) is 10.2 Å². The van der Waals surface area contributed by atoms with Crippen LogP contribution in [0.3, 0.4) is 0 Å². The van der Waals surface area contributed by atoms with Gasteiger partial charge in [-0.15, -0.1) is 11.3 Å². The van der Waals surface area contributed by atoms with Gasteiger partial charge in [-0.2, -0.15) is 0 Å². The SMILES string of the molecule is CCCC(=O)Nc1ccc2nc(SCC(C)=O)sc2c1. The summed E-state index contributed by atoms with van der Waals surface area (Å²) in [6.07, 6.45) is 1.36. The first-order valence-electron chi connectivity index (χ1n) is 6.41. The van der Waals surface area contributed by atoms with Crippen LogP contribution in [0.15, 0.2) is 22.5 Å². The van der Waals surface area contributed by atoms with Crippen LogP contribution >= 0.6 is 23.1 Å². The first-order valence-corrected chi connectivity index (χ1v) is 8.21. The van der Waals surface area contributed by atoms with Gasteiger partial charge >= 0.3 is 0 Å². The predicted molar refractivity (Wildman–Crippen MR) is 84.6 cm³/mol. The molecule has 0 aliphatic rings. The van der Waals surface area contributed by atoms with E-state index in [9.17, 15) is 9.59 Å². The minimum absolute atomic E-state index is 0.0301. The van der Waals surface area contributed by atoms with Gasteiger partial charge in [0.2, 0.25) is 5.91 Å². The van der Waals surface area contributed by atoms with Crippen LogP contribution in [0, 0.1) is 0 Å². The third kappa shape index (κ3) is 4.05. The molecule has 0 saturated heterocycles. The fourth-order valence-electron chi connectivity index (χ4n) is 1.66. The highest BCUT2D eigenvalue weighted by atomic mass is 32.2. The summed E-state index contributed by atoms with van der Waals surface area (Å²) in [4.78, 5) is 27.0. The van der Waals surface area contributed by atoms with Gasteiger partial charge in [0.1, 0.15) is 5.78 Å². The largest absolute Gasteiger partial charge is 0.326 e. The molecule has 0 unspecified atom stereocenters. The summed E-state index contributed by atoms with van der Waals surface area (Å²) in [6.45, 7) is 3.55. The number of thioether (sulfide) groups is 1. The maximum Gasteiger partial charge on any atom is 0.224 e. The van der Waals surface area contributed by atoms with Gasteiger partial charge in [0.05, 0.1) is 16.0 Å². The number of rotatable bonds is 6. The van der Waals surface area contributed by atoms with Crippen molar-refractivity contribution in [1.82, 2.24) is 4.98 Å². The van der Waals surface area contributed by atoms with E-state index in [0.29, 0.717) is 12.2 Å². The Morgan fingerprint density at radius 3 is 2.90 bits per heavy atom. The molecule has 2 aromatic rings. The molecule has 1 amide bonds. The Morgan fingerprint density at radius 2 is 2.20 bits per heavy atom. The van der Waals surface area contributed by atoms with Crippen LogP contribution in [0.2, 0.25) is 0 Å². The lowest BCUT2D eigenvalue weighted by Gasteiger charge is -2.03. The maximum atomic E-state index is 11.6. The molecule has 106 valence electrons. The smallest absolute Gasteiger partial charge is 0.224 e. The van der Waals surface area contributed by atoms with Gasteiger partial charge in [-0.25, -0.2) is 4.98 Å². The molecule has 4 nitrogen and oxygen atoms in total. The molecule has 2 rings (SSSR count). The fourth-order valence-corrected chi connectivity index (χ4v) is 3.56. The van der Waals surface area contributed by atoms with Gasteiger partial charge in [-0.05, 0) is 31.5 Å². The van der Waals surface area contributed by atoms with Crippen LogP contribution in [0.1, 0.15) is 26.7 Å². The Labute approximate surface area is 126 Å². The molecule has 0 fully saturated rings. The molecule has 0 spiro atoms. The van der Waals surface area contributed by atoms with Gasteiger partial charge in [0, 0.05) is 12.1 Å². The Balaban J connectivity index is 2.12. The van der Waals surface area contributed by atoms with Gasteiger partial charge < -0.3 is 5.32 Å². The van der Waals surface area contributed by atoms with E-state index in [1.165, 1.54) is 11.8 Å². The van der Waals surface area contributed by atoms with E-state index in [1.54, 1.807) is 18.3 Å². The lowest BCUT2D eigenvalue weighted by atomic mass is 10.2. The van der Waals surface area contributed by atoms with E-state index in [0.717, 1.165) is 26.7 Å².